The number of carbonyl (C=O) groups is 1. The molecule has 0 amide bonds. The molecule has 0 aliphatic rings. The minimum absolute atomic E-state index is 0.0752. The molecule has 0 bridgehead atoms. The molecule has 0 saturated carbocycles. The van der Waals surface area contributed by atoms with Crippen LogP contribution >= 0.6 is 11.6 Å². The highest BCUT2D eigenvalue weighted by Crippen LogP contribution is 2.30. The van der Waals surface area contributed by atoms with Gasteiger partial charge in [0.2, 0.25) is 0 Å². The van der Waals surface area contributed by atoms with Crippen LogP contribution in [0.25, 0.3) is 0 Å². The zero-order valence-electron chi connectivity index (χ0n) is 13.3. The molecule has 7 heteroatoms. The summed E-state index contributed by atoms with van der Waals surface area (Å²) in [6.45, 7) is 0. The van der Waals surface area contributed by atoms with E-state index >= 15 is 0 Å². The van der Waals surface area contributed by atoms with Crippen molar-refractivity contribution in [2.24, 2.45) is 0 Å². The summed E-state index contributed by atoms with van der Waals surface area (Å²) in [5.74, 6) is -1.17. The van der Waals surface area contributed by atoms with Crippen molar-refractivity contribution in [3.63, 3.8) is 0 Å². The lowest BCUT2D eigenvalue weighted by atomic mass is 10.0. The van der Waals surface area contributed by atoms with Crippen LogP contribution < -0.4 is 5.32 Å². The highest BCUT2D eigenvalue weighted by atomic mass is 35.5. The van der Waals surface area contributed by atoms with E-state index in [0.29, 0.717) is 11.4 Å². The van der Waals surface area contributed by atoms with E-state index in [4.69, 9.17) is 11.6 Å². The molecular weight excluding hydrogens is 359 g/mol. The smallest absolute Gasteiger partial charge is 0.292 e. The van der Waals surface area contributed by atoms with Gasteiger partial charge < -0.3 is 5.32 Å². The van der Waals surface area contributed by atoms with Crippen molar-refractivity contribution >= 4 is 34.4 Å². The Kier molecular flexibility index (Phi) is 4.95. The maximum atomic E-state index is 13.8. The Morgan fingerprint density at radius 3 is 2.38 bits per heavy atom. The fourth-order valence-corrected chi connectivity index (χ4v) is 2.73. The molecule has 0 aliphatic heterocycles. The van der Waals surface area contributed by atoms with E-state index in [1.807, 2.05) is 0 Å². The minimum atomic E-state index is -0.629. The average Bonchev–Trinajstić information content (AvgIpc) is 2.62. The van der Waals surface area contributed by atoms with E-state index in [1.54, 1.807) is 30.3 Å². The van der Waals surface area contributed by atoms with Crippen LogP contribution in [0.1, 0.15) is 15.9 Å². The van der Waals surface area contributed by atoms with Gasteiger partial charge in [-0.05, 0) is 36.4 Å². The van der Waals surface area contributed by atoms with Crippen molar-refractivity contribution in [2.45, 2.75) is 0 Å². The maximum Gasteiger partial charge on any atom is 0.292 e. The summed E-state index contributed by atoms with van der Waals surface area (Å²) in [7, 11) is 0. The lowest BCUT2D eigenvalue weighted by Crippen LogP contribution is -2.05. The number of anilines is 2. The fourth-order valence-electron chi connectivity index (χ4n) is 2.46. The van der Waals surface area contributed by atoms with E-state index in [0.717, 1.165) is 0 Å². The second-order valence-corrected chi connectivity index (χ2v) is 5.81. The molecule has 0 unspecified atom stereocenters. The lowest BCUT2D eigenvalue weighted by molar-refractivity contribution is -0.383. The first-order valence-corrected chi connectivity index (χ1v) is 7.94. The normalized spacial score (nSPS) is 10.4. The summed E-state index contributed by atoms with van der Waals surface area (Å²) < 4.78 is 13.8. The van der Waals surface area contributed by atoms with Crippen molar-refractivity contribution in [1.29, 1.82) is 0 Å². The van der Waals surface area contributed by atoms with Gasteiger partial charge >= 0.3 is 0 Å². The van der Waals surface area contributed by atoms with Crippen molar-refractivity contribution < 1.29 is 14.1 Å². The average molecular weight is 371 g/mol. The molecule has 1 N–H and O–H groups in total. The third-order valence-electron chi connectivity index (χ3n) is 3.71. The molecule has 0 spiro atoms. The molecule has 3 aromatic carbocycles. The number of hydrogen-bond acceptors (Lipinski definition) is 4. The molecule has 0 fully saturated rings. The Balaban J connectivity index is 1.90. The van der Waals surface area contributed by atoms with Gasteiger partial charge in [-0.3, -0.25) is 14.9 Å². The van der Waals surface area contributed by atoms with E-state index in [9.17, 15) is 19.3 Å². The Morgan fingerprint density at radius 2 is 1.69 bits per heavy atom. The highest BCUT2D eigenvalue weighted by Gasteiger charge is 2.17. The number of ketones is 1. The number of nitrogens with zero attached hydrogens (tertiary/aromatic N) is 1. The zero-order chi connectivity index (χ0) is 18.7. The SMILES string of the molecule is O=C(c1ccccc1F)c1ccc(Nc2ccccc2[N+](=O)[O-])cc1Cl. The second kappa shape index (κ2) is 7.33. The third-order valence-corrected chi connectivity index (χ3v) is 4.02. The van der Waals surface area contributed by atoms with Crippen LogP contribution in [-0.4, -0.2) is 10.7 Å². The number of carbonyl (C=O) groups excluding carboxylic acids is 1. The molecule has 0 aliphatic carbocycles. The maximum absolute atomic E-state index is 13.8. The zero-order valence-corrected chi connectivity index (χ0v) is 14.0. The summed E-state index contributed by atoms with van der Waals surface area (Å²) in [5, 5.41) is 14.1. The number of benzene rings is 3. The molecule has 3 rings (SSSR count). The van der Waals surface area contributed by atoms with E-state index in [-0.39, 0.29) is 21.8 Å². The van der Waals surface area contributed by atoms with Crippen LogP contribution in [0.15, 0.2) is 66.7 Å². The van der Waals surface area contributed by atoms with Gasteiger partial charge in [-0.25, -0.2) is 4.39 Å². The van der Waals surface area contributed by atoms with Crippen LogP contribution in [0.5, 0.6) is 0 Å². The van der Waals surface area contributed by atoms with Gasteiger partial charge in [0.05, 0.1) is 15.5 Å². The molecule has 0 radical (unpaired) electrons. The molecule has 0 atom stereocenters. The minimum Gasteiger partial charge on any atom is -0.350 e. The molecule has 0 saturated heterocycles. The van der Waals surface area contributed by atoms with Gasteiger partial charge in [0.1, 0.15) is 11.5 Å². The fraction of sp³-hybridized carbons (Fsp3) is 0. The molecule has 0 aromatic heterocycles. The molecule has 0 heterocycles. The summed E-state index contributed by atoms with van der Waals surface area (Å²) in [6.07, 6.45) is 0. The van der Waals surface area contributed by atoms with E-state index in [2.05, 4.69) is 5.32 Å². The standard InChI is InChI=1S/C19H12ClFN2O3/c20-15-11-12(22-17-7-3-4-8-18(17)23(25)26)9-10-13(15)19(24)14-5-1-2-6-16(14)21/h1-11,22H. The van der Waals surface area contributed by atoms with Crippen molar-refractivity contribution in [3.8, 4) is 0 Å². The monoisotopic (exact) mass is 370 g/mol. The topological polar surface area (TPSA) is 72.2 Å². The van der Waals surface area contributed by atoms with Gasteiger partial charge in [0.25, 0.3) is 5.69 Å². The first kappa shape index (κ1) is 17.6. The van der Waals surface area contributed by atoms with Gasteiger partial charge in [0.15, 0.2) is 5.78 Å². The summed E-state index contributed by atoms with van der Waals surface area (Å²) in [6, 6.07) is 16.3. The van der Waals surface area contributed by atoms with Gasteiger partial charge in [0, 0.05) is 17.3 Å². The van der Waals surface area contributed by atoms with Crippen molar-refractivity contribution in [2.75, 3.05) is 5.32 Å². The summed E-state index contributed by atoms with van der Waals surface area (Å²) in [5.41, 5.74) is 0.741. The molecule has 5 nitrogen and oxygen atoms in total. The molecule has 130 valence electrons. The molecule has 26 heavy (non-hydrogen) atoms. The Bertz CT molecular complexity index is 1010. The van der Waals surface area contributed by atoms with Gasteiger partial charge in [-0.15, -0.1) is 0 Å². The number of nitro benzene ring substituents is 1. The Hall–Kier alpha value is -3.25. The van der Waals surface area contributed by atoms with Crippen LogP contribution in [0.2, 0.25) is 5.02 Å². The number of nitro groups is 1. The van der Waals surface area contributed by atoms with Crippen LogP contribution in [-0.2, 0) is 0 Å². The number of nitrogens with one attached hydrogen (secondary N) is 1. The second-order valence-electron chi connectivity index (χ2n) is 5.40. The number of rotatable bonds is 5. The summed E-state index contributed by atoms with van der Waals surface area (Å²) in [4.78, 5) is 23.0. The molecular formula is C19H12ClFN2O3. The third kappa shape index (κ3) is 3.55. The molecule has 3 aromatic rings. The number of halogens is 2. The van der Waals surface area contributed by atoms with E-state index in [1.165, 1.54) is 36.4 Å². The van der Waals surface area contributed by atoms with Gasteiger partial charge in [-0.1, -0.05) is 35.9 Å². The quantitative estimate of drug-likeness (QED) is 0.372. The predicted molar refractivity (Wildman–Crippen MR) is 97.7 cm³/mol. The van der Waals surface area contributed by atoms with Crippen LogP contribution in [0, 0.1) is 15.9 Å². The number of para-hydroxylation sites is 2. The lowest BCUT2D eigenvalue weighted by Gasteiger charge is -2.10. The first-order chi connectivity index (χ1) is 12.5. The highest BCUT2D eigenvalue weighted by molar-refractivity contribution is 6.35. The van der Waals surface area contributed by atoms with Gasteiger partial charge in [-0.2, -0.15) is 0 Å². The van der Waals surface area contributed by atoms with Crippen LogP contribution in [0.3, 0.4) is 0 Å². The predicted octanol–water partition coefficient (Wildman–Crippen LogP) is 5.36. The van der Waals surface area contributed by atoms with Crippen LogP contribution in [0.4, 0.5) is 21.5 Å². The largest absolute Gasteiger partial charge is 0.350 e. The van der Waals surface area contributed by atoms with Crippen molar-refractivity contribution in [1.82, 2.24) is 0 Å². The first-order valence-electron chi connectivity index (χ1n) is 7.56. The Morgan fingerprint density at radius 1 is 1.00 bits per heavy atom. The number of hydrogen-bond donors (Lipinski definition) is 1. The Labute approximate surface area is 153 Å². The summed E-state index contributed by atoms with van der Waals surface area (Å²) >= 11 is 6.18. The van der Waals surface area contributed by atoms with E-state index < -0.39 is 16.5 Å². The van der Waals surface area contributed by atoms with Crippen molar-refractivity contribution in [3.05, 3.63) is 98.8 Å².